The maximum atomic E-state index is 4.42. The van der Waals surface area contributed by atoms with Crippen molar-refractivity contribution in [3.05, 3.63) is 41.5 Å². The van der Waals surface area contributed by atoms with Gasteiger partial charge in [0.1, 0.15) is 0 Å². The van der Waals surface area contributed by atoms with Crippen molar-refractivity contribution in [1.29, 1.82) is 0 Å². The van der Waals surface area contributed by atoms with E-state index in [1.165, 1.54) is 0 Å². The van der Waals surface area contributed by atoms with E-state index >= 15 is 0 Å². The zero-order chi connectivity index (χ0) is 13.1. The Morgan fingerprint density at radius 3 is 3.05 bits per heavy atom. The summed E-state index contributed by atoms with van der Waals surface area (Å²) in [6, 6.07) is 3.88. The fourth-order valence-electron chi connectivity index (χ4n) is 1.83. The number of fused-ring (bicyclic) bond motifs is 1. The highest BCUT2D eigenvalue weighted by molar-refractivity contribution is 9.10. The summed E-state index contributed by atoms with van der Waals surface area (Å²) in [6.07, 6.45) is 8.44. The van der Waals surface area contributed by atoms with Gasteiger partial charge in [0.2, 0.25) is 5.95 Å². The summed E-state index contributed by atoms with van der Waals surface area (Å²) in [4.78, 5) is 8.43. The Morgan fingerprint density at radius 2 is 2.26 bits per heavy atom. The van der Waals surface area contributed by atoms with Crippen molar-refractivity contribution in [2.24, 2.45) is 0 Å². The SMILES string of the molecule is Brc1cccn2nc(NCCCn3ccnc3)nc12. The maximum absolute atomic E-state index is 4.42. The van der Waals surface area contributed by atoms with Crippen LogP contribution in [0.5, 0.6) is 0 Å². The quantitative estimate of drug-likeness (QED) is 0.732. The molecular formula is C12H13BrN6. The van der Waals surface area contributed by atoms with Crippen molar-refractivity contribution < 1.29 is 0 Å². The van der Waals surface area contributed by atoms with Crippen LogP contribution in [-0.4, -0.2) is 30.7 Å². The summed E-state index contributed by atoms with van der Waals surface area (Å²) >= 11 is 3.46. The van der Waals surface area contributed by atoms with Gasteiger partial charge in [-0.15, -0.1) is 5.10 Å². The zero-order valence-electron chi connectivity index (χ0n) is 10.2. The summed E-state index contributed by atoms with van der Waals surface area (Å²) in [7, 11) is 0. The lowest BCUT2D eigenvalue weighted by atomic mass is 10.4. The molecule has 3 rings (SSSR count). The molecule has 0 fully saturated rings. The molecule has 0 atom stereocenters. The Morgan fingerprint density at radius 1 is 1.32 bits per heavy atom. The molecule has 0 unspecified atom stereocenters. The predicted molar refractivity (Wildman–Crippen MR) is 76.0 cm³/mol. The average molecular weight is 321 g/mol. The molecule has 0 spiro atoms. The van der Waals surface area contributed by atoms with Gasteiger partial charge in [-0.2, -0.15) is 4.98 Å². The Kier molecular flexibility index (Phi) is 3.45. The highest BCUT2D eigenvalue weighted by Crippen LogP contribution is 2.16. The van der Waals surface area contributed by atoms with Gasteiger partial charge in [-0.25, -0.2) is 9.50 Å². The molecule has 0 radical (unpaired) electrons. The van der Waals surface area contributed by atoms with Gasteiger partial charge < -0.3 is 9.88 Å². The molecule has 0 aromatic carbocycles. The number of hydrogen-bond donors (Lipinski definition) is 1. The van der Waals surface area contributed by atoms with Crippen molar-refractivity contribution in [2.45, 2.75) is 13.0 Å². The van der Waals surface area contributed by atoms with E-state index < -0.39 is 0 Å². The van der Waals surface area contributed by atoms with E-state index in [0.717, 1.165) is 29.6 Å². The lowest BCUT2D eigenvalue weighted by Gasteiger charge is -2.02. The Balaban J connectivity index is 1.58. The molecule has 0 saturated carbocycles. The third-order valence-corrected chi connectivity index (χ3v) is 3.37. The molecule has 1 N–H and O–H groups in total. The summed E-state index contributed by atoms with van der Waals surface area (Å²) in [5, 5.41) is 7.58. The molecule has 19 heavy (non-hydrogen) atoms. The molecule has 0 saturated heterocycles. The molecular weight excluding hydrogens is 308 g/mol. The van der Waals surface area contributed by atoms with Crippen LogP contribution in [0.25, 0.3) is 5.65 Å². The smallest absolute Gasteiger partial charge is 0.243 e. The second kappa shape index (κ2) is 5.40. The molecule has 0 amide bonds. The van der Waals surface area contributed by atoms with Gasteiger partial charge in [0.15, 0.2) is 5.65 Å². The van der Waals surface area contributed by atoms with Gasteiger partial charge in [0.05, 0.1) is 10.8 Å². The van der Waals surface area contributed by atoms with Crippen LogP contribution in [0, 0.1) is 0 Å². The monoisotopic (exact) mass is 320 g/mol. The lowest BCUT2D eigenvalue weighted by molar-refractivity contribution is 0.659. The molecule has 0 aliphatic carbocycles. The first kappa shape index (κ1) is 12.2. The van der Waals surface area contributed by atoms with E-state index in [4.69, 9.17) is 0 Å². The van der Waals surface area contributed by atoms with E-state index in [1.807, 2.05) is 30.9 Å². The van der Waals surface area contributed by atoms with Crippen LogP contribution in [0.1, 0.15) is 6.42 Å². The Labute approximate surface area is 118 Å². The first-order valence-electron chi connectivity index (χ1n) is 6.03. The molecule has 0 aliphatic rings. The van der Waals surface area contributed by atoms with Crippen molar-refractivity contribution in [3.8, 4) is 0 Å². The van der Waals surface area contributed by atoms with Crippen LogP contribution in [0.15, 0.2) is 41.5 Å². The summed E-state index contributed by atoms with van der Waals surface area (Å²) < 4.78 is 4.74. The molecule has 0 bridgehead atoms. The van der Waals surface area contributed by atoms with Gasteiger partial charge in [-0.05, 0) is 34.5 Å². The number of pyridine rings is 1. The van der Waals surface area contributed by atoms with Crippen LogP contribution in [-0.2, 0) is 6.54 Å². The van der Waals surface area contributed by atoms with Gasteiger partial charge >= 0.3 is 0 Å². The number of aryl methyl sites for hydroxylation is 1. The Hall–Kier alpha value is -1.89. The second-order valence-corrected chi connectivity index (χ2v) is 4.99. The average Bonchev–Trinajstić information content (AvgIpc) is 3.04. The van der Waals surface area contributed by atoms with Crippen LogP contribution in [0.4, 0.5) is 5.95 Å². The largest absolute Gasteiger partial charge is 0.353 e. The van der Waals surface area contributed by atoms with Gasteiger partial charge in [0.25, 0.3) is 0 Å². The molecule has 3 heterocycles. The fraction of sp³-hybridized carbons (Fsp3) is 0.250. The van der Waals surface area contributed by atoms with Gasteiger partial charge in [0, 0.05) is 31.7 Å². The predicted octanol–water partition coefficient (Wildman–Crippen LogP) is 2.19. The number of aromatic nitrogens is 5. The van der Waals surface area contributed by atoms with Crippen LogP contribution in [0.3, 0.4) is 0 Å². The van der Waals surface area contributed by atoms with Crippen LogP contribution < -0.4 is 5.32 Å². The summed E-state index contributed by atoms with van der Waals surface area (Å²) in [5.74, 6) is 0.650. The standard InChI is InChI=1S/C12H13BrN6/c13-10-3-1-7-19-11(10)16-12(17-19)15-4-2-6-18-8-5-14-9-18/h1,3,5,7-9H,2,4,6H2,(H,15,17). The van der Waals surface area contributed by atoms with Crippen molar-refractivity contribution in [3.63, 3.8) is 0 Å². The molecule has 98 valence electrons. The van der Waals surface area contributed by atoms with Crippen molar-refractivity contribution in [2.75, 3.05) is 11.9 Å². The number of halogens is 1. The van der Waals surface area contributed by atoms with Crippen LogP contribution in [0.2, 0.25) is 0 Å². The molecule has 3 aromatic rings. The van der Waals surface area contributed by atoms with Crippen molar-refractivity contribution >= 4 is 27.5 Å². The minimum absolute atomic E-state index is 0.650. The first-order chi connectivity index (χ1) is 9.33. The first-order valence-corrected chi connectivity index (χ1v) is 6.83. The molecule has 6 nitrogen and oxygen atoms in total. The number of rotatable bonds is 5. The van der Waals surface area contributed by atoms with Gasteiger partial charge in [-0.1, -0.05) is 0 Å². The van der Waals surface area contributed by atoms with Gasteiger partial charge in [-0.3, -0.25) is 0 Å². The number of hydrogen-bond acceptors (Lipinski definition) is 4. The third kappa shape index (κ3) is 2.76. The number of nitrogens with one attached hydrogen (secondary N) is 1. The van der Waals surface area contributed by atoms with Crippen molar-refractivity contribution in [1.82, 2.24) is 24.1 Å². The third-order valence-electron chi connectivity index (χ3n) is 2.75. The highest BCUT2D eigenvalue weighted by atomic mass is 79.9. The summed E-state index contributed by atoms with van der Waals surface area (Å²) in [5.41, 5.74) is 0.819. The number of nitrogens with zero attached hydrogens (tertiary/aromatic N) is 5. The summed E-state index contributed by atoms with van der Waals surface area (Å²) in [6.45, 7) is 1.76. The lowest BCUT2D eigenvalue weighted by Crippen LogP contribution is -2.06. The molecule has 7 heteroatoms. The molecule has 0 aliphatic heterocycles. The fourth-order valence-corrected chi connectivity index (χ4v) is 2.25. The number of imidazole rings is 1. The van der Waals surface area contributed by atoms with Crippen LogP contribution >= 0.6 is 15.9 Å². The molecule has 3 aromatic heterocycles. The highest BCUT2D eigenvalue weighted by Gasteiger charge is 2.05. The minimum Gasteiger partial charge on any atom is -0.353 e. The normalized spacial score (nSPS) is 11.0. The maximum Gasteiger partial charge on any atom is 0.243 e. The van der Waals surface area contributed by atoms with E-state index in [-0.39, 0.29) is 0 Å². The second-order valence-electron chi connectivity index (χ2n) is 4.14. The zero-order valence-corrected chi connectivity index (χ0v) is 11.8. The van der Waals surface area contributed by atoms with E-state index in [2.05, 4.69) is 40.9 Å². The van der Waals surface area contributed by atoms with E-state index in [9.17, 15) is 0 Å². The minimum atomic E-state index is 0.650. The van der Waals surface area contributed by atoms with E-state index in [0.29, 0.717) is 5.95 Å². The van der Waals surface area contributed by atoms with E-state index in [1.54, 1.807) is 10.7 Å². The topological polar surface area (TPSA) is 60.0 Å². The number of anilines is 1. The Bertz CT molecular complexity index is 660.